The number of nitrogens with zero attached hydrogens (tertiary/aromatic N) is 1. The summed E-state index contributed by atoms with van der Waals surface area (Å²) in [7, 11) is 1.54. The van der Waals surface area contributed by atoms with Crippen molar-refractivity contribution in [2.75, 3.05) is 20.8 Å². The van der Waals surface area contributed by atoms with Gasteiger partial charge in [-0.05, 0) is 19.9 Å². The van der Waals surface area contributed by atoms with Crippen molar-refractivity contribution in [3.05, 3.63) is 0 Å². The fourth-order valence-electron chi connectivity index (χ4n) is 0.849. The van der Waals surface area contributed by atoms with Gasteiger partial charge in [-0.1, -0.05) is 6.92 Å². The van der Waals surface area contributed by atoms with Crippen molar-refractivity contribution in [1.82, 2.24) is 0 Å². The average molecular weight is 203 g/mol. The Morgan fingerprint density at radius 2 is 1.85 bits per heavy atom. The van der Waals surface area contributed by atoms with Gasteiger partial charge in [0.2, 0.25) is 0 Å². The zero-order valence-electron chi connectivity index (χ0n) is 9.39. The van der Waals surface area contributed by atoms with Crippen molar-refractivity contribution in [3.63, 3.8) is 0 Å². The van der Waals surface area contributed by atoms with Crippen LogP contribution in [0.4, 0.5) is 0 Å². The first kappa shape index (κ1) is 12.8. The molecular formula is C9H21NO2Si. The molecule has 0 aromatic carbocycles. The largest absolute Gasteiger partial charge is 0.398 e. The van der Waals surface area contributed by atoms with Crippen molar-refractivity contribution in [3.8, 4) is 0 Å². The SMILES string of the molecule is CCC(C)=NCC[Si](C)(OC)OC. The van der Waals surface area contributed by atoms with Crippen LogP contribution >= 0.6 is 0 Å². The Bertz CT molecular complexity index is 167. The van der Waals surface area contributed by atoms with Gasteiger partial charge in [-0.25, -0.2) is 0 Å². The second-order valence-corrected chi connectivity index (χ2v) is 6.85. The number of aliphatic imine (C=N–C) groups is 1. The van der Waals surface area contributed by atoms with Crippen LogP contribution in [-0.2, 0) is 8.85 Å². The van der Waals surface area contributed by atoms with Gasteiger partial charge in [0, 0.05) is 32.5 Å². The third kappa shape index (κ3) is 5.18. The maximum absolute atomic E-state index is 5.35. The van der Waals surface area contributed by atoms with Gasteiger partial charge < -0.3 is 8.85 Å². The summed E-state index contributed by atoms with van der Waals surface area (Å²) in [4.78, 5) is 4.41. The summed E-state index contributed by atoms with van der Waals surface area (Å²) in [6.45, 7) is 7.05. The Hall–Kier alpha value is -0.193. The zero-order valence-corrected chi connectivity index (χ0v) is 10.4. The first-order chi connectivity index (χ1) is 6.08. The number of rotatable bonds is 6. The van der Waals surface area contributed by atoms with Gasteiger partial charge in [0.25, 0.3) is 0 Å². The Balaban J connectivity index is 3.86. The lowest BCUT2D eigenvalue weighted by molar-refractivity contribution is 0.250. The number of hydrogen-bond acceptors (Lipinski definition) is 3. The van der Waals surface area contributed by atoms with Crippen molar-refractivity contribution in [1.29, 1.82) is 0 Å². The van der Waals surface area contributed by atoms with E-state index < -0.39 is 8.56 Å². The van der Waals surface area contributed by atoms with E-state index in [1.54, 1.807) is 14.2 Å². The second kappa shape index (κ2) is 6.29. The van der Waals surface area contributed by atoms with Gasteiger partial charge in [0.15, 0.2) is 0 Å². The second-order valence-electron chi connectivity index (χ2n) is 3.26. The first-order valence-corrected chi connectivity index (χ1v) is 7.20. The molecule has 0 radical (unpaired) electrons. The molecule has 0 atom stereocenters. The summed E-state index contributed by atoms with van der Waals surface area (Å²) in [5.41, 5.74) is 1.20. The van der Waals surface area contributed by atoms with Crippen molar-refractivity contribution in [2.24, 2.45) is 4.99 Å². The molecule has 0 amide bonds. The highest BCUT2D eigenvalue weighted by Gasteiger charge is 2.27. The van der Waals surface area contributed by atoms with Gasteiger partial charge in [-0.15, -0.1) is 0 Å². The Morgan fingerprint density at radius 3 is 2.23 bits per heavy atom. The topological polar surface area (TPSA) is 30.8 Å². The summed E-state index contributed by atoms with van der Waals surface area (Å²) in [6.07, 6.45) is 1.03. The van der Waals surface area contributed by atoms with E-state index >= 15 is 0 Å². The minimum absolute atomic E-state index is 0.823. The summed E-state index contributed by atoms with van der Waals surface area (Å²) < 4.78 is 10.7. The minimum atomic E-state index is -1.88. The molecule has 0 saturated carbocycles. The van der Waals surface area contributed by atoms with Gasteiger partial charge in [0.1, 0.15) is 0 Å². The molecule has 0 heterocycles. The lowest BCUT2D eigenvalue weighted by Gasteiger charge is -2.21. The third-order valence-electron chi connectivity index (χ3n) is 2.32. The Labute approximate surface area is 82.4 Å². The molecule has 0 fully saturated rings. The van der Waals surface area contributed by atoms with Gasteiger partial charge in [-0.3, -0.25) is 4.99 Å². The zero-order chi connectivity index (χ0) is 10.3. The fourth-order valence-corrected chi connectivity index (χ4v) is 1.94. The number of hydrogen-bond donors (Lipinski definition) is 0. The summed E-state index contributed by atoms with van der Waals surface area (Å²) in [5, 5.41) is 0. The predicted molar refractivity (Wildman–Crippen MR) is 58.7 cm³/mol. The molecule has 0 aliphatic carbocycles. The van der Waals surface area contributed by atoms with E-state index in [1.165, 1.54) is 5.71 Å². The molecule has 0 bridgehead atoms. The normalized spacial score (nSPS) is 13.5. The molecule has 0 aliphatic rings. The van der Waals surface area contributed by atoms with Crippen LogP contribution in [0.3, 0.4) is 0 Å². The molecule has 0 aromatic rings. The van der Waals surface area contributed by atoms with Crippen LogP contribution in [0.5, 0.6) is 0 Å². The quantitative estimate of drug-likeness (QED) is 0.489. The molecule has 0 rings (SSSR count). The van der Waals surface area contributed by atoms with Gasteiger partial charge >= 0.3 is 8.56 Å². The van der Waals surface area contributed by atoms with E-state index in [4.69, 9.17) is 8.85 Å². The van der Waals surface area contributed by atoms with Crippen LogP contribution < -0.4 is 0 Å². The van der Waals surface area contributed by atoms with Gasteiger partial charge in [-0.2, -0.15) is 0 Å². The van der Waals surface area contributed by atoms with Crippen LogP contribution in [-0.4, -0.2) is 35.0 Å². The maximum Gasteiger partial charge on any atom is 0.336 e. The van der Waals surface area contributed by atoms with Crippen LogP contribution in [0.15, 0.2) is 4.99 Å². The molecule has 0 spiro atoms. The average Bonchev–Trinajstić information content (AvgIpc) is 2.17. The molecule has 78 valence electrons. The maximum atomic E-state index is 5.35. The van der Waals surface area contributed by atoms with Crippen molar-refractivity contribution >= 4 is 14.3 Å². The first-order valence-electron chi connectivity index (χ1n) is 4.68. The van der Waals surface area contributed by atoms with E-state index in [0.29, 0.717) is 0 Å². The molecular weight excluding hydrogens is 182 g/mol. The Morgan fingerprint density at radius 1 is 1.31 bits per heavy atom. The predicted octanol–water partition coefficient (Wildman–Crippen LogP) is 2.22. The monoisotopic (exact) mass is 203 g/mol. The van der Waals surface area contributed by atoms with E-state index in [0.717, 1.165) is 19.0 Å². The molecule has 0 N–H and O–H groups in total. The van der Waals surface area contributed by atoms with E-state index in [-0.39, 0.29) is 0 Å². The Kier molecular flexibility index (Phi) is 6.20. The molecule has 0 saturated heterocycles. The highest BCUT2D eigenvalue weighted by molar-refractivity contribution is 6.66. The molecule has 13 heavy (non-hydrogen) atoms. The van der Waals surface area contributed by atoms with E-state index in [9.17, 15) is 0 Å². The van der Waals surface area contributed by atoms with E-state index in [2.05, 4.69) is 25.4 Å². The van der Waals surface area contributed by atoms with Crippen LogP contribution in [0.25, 0.3) is 0 Å². The molecule has 4 heteroatoms. The molecule has 0 aliphatic heterocycles. The fraction of sp³-hybridized carbons (Fsp3) is 0.889. The van der Waals surface area contributed by atoms with Gasteiger partial charge in [0.05, 0.1) is 0 Å². The van der Waals surface area contributed by atoms with E-state index in [1.807, 2.05) is 0 Å². The van der Waals surface area contributed by atoms with Crippen molar-refractivity contribution in [2.45, 2.75) is 32.9 Å². The highest BCUT2D eigenvalue weighted by Crippen LogP contribution is 2.10. The summed E-state index contributed by atoms with van der Waals surface area (Å²) in [6, 6.07) is 0.928. The lowest BCUT2D eigenvalue weighted by Crippen LogP contribution is -2.36. The summed E-state index contributed by atoms with van der Waals surface area (Å²) >= 11 is 0. The minimum Gasteiger partial charge on any atom is -0.398 e. The van der Waals surface area contributed by atoms with Crippen LogP contribution in [0, 0.1) is 0 Å². The molecule has 3 nitrogen and oxygen atoms in total. The van der Waals surface area contributed by atoms with Crippen molar-refractivity contribution < 1.29 is 8.85 Å². The lowest BCUT2D eigenvalue weighted by atomic mass is 10.3. The van der Waals surface area contributed by atoms with Crippen LogP contribution in [0.1, 0.15) is 20.3 Å². The molecule has 0 unspecified atom stereocenters. The van der Waals surface area contributed by atoms with Crippen LogP contribution in [0.2, 0.25) is 12.6 Å². The summed E-state index contributed by atoms with van der Waals surface area (Å²) in [5.74, 6) is 0. The highest BCUT2D eigenvalue weighted by atomic mass is 28.4. The smallest absolute Gasteiger partial charge is 0.336 e. The third-order valence-corrected chi connectivity index (χ3v) is 5.18. The standard InChI is InChI=1S/C9H21NO2Si/c1-6-9(2)10-7-8-13(5,11-3)12-4/h6-8H2,1-5H3. The molecule has 0 aromatic heterocycles.